The molecule has 2 rings (SSSR count). The SMILES string of the molecule is COc1ccc(OCCCC(N)c2ccccc2)cc1. The minimum atomic E-state index is 0.0793. The Balaban J connectivity index is 1.70. The summed E-state index contributed by atoms with van der Waals surface area (Å²) in [6.45, 7) is 0.673. The molecule has 106 valence electrons. The van der Waals surface area contributed by atoms with Gasteiger partial charge in [-0.1, -0.05) is 30.3 Å². The van der Waals surface area contributed by atoms with Crippen LogP contribution < -0.4 is 15.2 Å². The molecule has 0 aromatic heterocycles. The van der Waals surface area contributed by atoms with Crippen LogP contribution in [0.3, 0.4) is 0 Å². The largest absolute Gasteiger partial charge is 0.497 e. The monoisotopic (exact) mass is 271 g/mol. The molecule has 0 radical (unpaired) electrons. The van der Waals surface area contributed by atoms with Crippen LogP contribution in [0.4, 0.5) is 0 Å². The molecule has 0 heterocycles. The van der Waals surface area contributed by atoms with Gasteiger partial charge >= 0.3 is 0 Å². The molecule has 3 heteroatoms. The number of rotatable bonds is 7. The smallest absolute Gasteiger partial charge is 0.119 e. The van der Waals surface area contributed by atoms with E-state index in [9.17, 15) is 0 Å². The summed E-state index contributed by atoms with van der Waals surface area (Å²) < 4.78 is 10.8. The van der Waals surface area contributed by atoms with Gasteiger partial charge in [0.1, 0.15) is 11.5 Å². The fraction of sp³-hybridized carbons (Fsp3) is 0.294. The Morgan fingerprint density at radius 2 is 1.60 bits per heavy atom. The molecule has 0 saturated carbocycles. The van der Waals surface area contributed by atoms with Crippen LogP contribution in [0.5, 0.6) is 11.5 Å². The molecule has 1 unspecified atom stereocenters. The molecule has 0 aliphatic carbocycles. The minimum absolute atomic E-state index is 0.0793. The van der Waals surface area contributed by atoms with Gasteiger partial charge in [0, 0.05) is 6.04 Å². The quantitative estimate of drug-likeness (QED) is 0.783. The minimum Gasteiger partial charge on any atom is -0.497 e. The molecule has 2 aromatic rings. The number of nitrogens with two attached hydrogens (primary N) is 1. The summed E-state index contributed by atoms with van der Waals surface area (Å²) in [5.41, 5.74) is 7.32. The van der Waals surface area contributed by atoms with Gasteiger partial charge in [0.25, 0.3) is 0 Å². The van der Waals surface area contributed by atoms with Gasteiger partial charge in [-0.2, -0.15) is 0 Å². The van der Waals surface area contributed by atoms with Crippen LogP contribution in [-0.2, 0) is 0 Å². The Morgan fingerprint density at radius 1 is 0.950 bits per heavy atom. The normalized spacial score (nSPS) is 11.9. The van der Waals surface area contributed by atoms with E-state index in [0.29, 0.717) is 6.61 Å². The van der Waals surface area contributed by atoms with Crippen molar-refractivity contribution < 1.29 is 9.47 Å². The molecule has 0 spiro atoms. The molecule has 0 bridgehead atoms. The Kier molecular flexibility index (Phi) is 5.44. The van der Waals surface area contributed by atoms with Crippen molar-refractivity contribution in [3.05, 3.63) is 60.2 Å². The van der Waals surface area contributed by atoms with E-state index in [4.69, 9.17) is 15.2 Å². The van der Waals surface area contributed by atoms with E-state index in [2.05, 4.69) is 12.1 Å². The number of methoxy groups -OCH3 is 1. The second kappa shape index (κ2) is 7.56. The van der Waals surface area contributed by atoms with Crippen molar-refractivity contribution in [3.63, 3.8) is 0 Å². The Morgan fingerprint density at radius 3 is 2.25 bits per heavy atom. The first kappa shape index (κ1) is 14.4. The molecule has 0 fully saturated rings. The van der Waals surface area contributed by atoms with Crippen LogP contribution in [0, 0.1) is 0 Å². The highest BCUT2D eigenvalue weighted by Crippen LogP contribution is 2.18. The van der Waals surface area contributed by atoms with E-state index in [1.165, 1.54) is 5.56 Å². The highest BCUT2D eigenvalue weighted by molar-refractivity contribution is 5.31. The molecule has 0 saturated heterocycles. The zero-order valence-electron chi connectivity index (χ0n) is 11.8. The van der Waals surface area contributed by atoms with Gasteiger partial charge < -0.3 is 15.2 Å². The third-order valence-electron chi connectivity index (χ3n) is 3.22. The van der Waals surface area contributed by atoms with Crippen LogP contribution >= 0.6 is 0 Å². The highest BCUT2D eigenvalue weighted by Gasteiger charge is 2.04. The lowest BCUT2D eigenvalue weighted by atomic mass is 10.0. The van der Waals surface area contributed by atoms with Crippen LogP contribution in [0.1, 0.15) is 24.4 Å². The van der Waals surface area contributed by atoms with E-state index in [-0.39, 0.29) is 6.04 Å². The van der Waals surface area contributed by atoms with Crippen LogP contribution in [0.15, 0.2) is 54.6 Å². The summed E-state index contributed by atoms with van der Waals surface area (Å²) in [5.74, 6) is 1.70. The summed E-state index contributed by atoms with van der Waals surface area (Å²) in [5, 5.41) is 0. The first-order valence-corrected chi connectivity index (χ1v) is 6.87. The first-order chi connectivity index (χ1) is 9.79. The van der Waals surface area contributed by atoms with Crippen molar-refractivity contribution >= 4 is 0 Å². The van der Waals surface area contributed by atoms with Crippen molar-refractivity contribution in [1.82, 2.24) is 0 Å². The first-order valence-electron chi connectivity index (χ1n) is 6.87. The number of ether oxygens (including phenoxy) is 2. The van der Waals surface area contributed by atoms with Crippen molar-refractivity contribution in [2.75, 3.05) is 13.7 Å². The predicted octanol–water partition coefficient (Wildman–Crippen LogP) is 3.55. The van der Waals surface area contributed by atoms with E-state index in [0.717, 1.165) is 24.3 Å². The molecule has 1 atom stereocenters. The third-order valence-corrected chi connectivity index (χ3v) is 3.22. The molecule has 2 aromatic carbocycles. The summed E-state index contributed by atoms with van der Waals surface area (Å²) in [6, 6.07) is 17.9. The van der Waals surface area contributed by atoms with Crippen molar-refractivity contribution in [1.29, 1.82) is 0 Å². The van der Waals surface area contributed by atoms with Gasteiger partial charge in [-0.3, -0.25) is 0 Å². The zero-order chi connectivity index (χ0) is 14.2. The summed E-state index contributed by atoms with van der Waals surface area (Å²) >= 11 is 0. The van der Waals surface area contributed by atoms with Crippen LogP contribution in [0.25, 0.3) is 0 Å². The average Bonchev–Trinajstić information content (AvgIpc) is 2.53. The Hall–Kier alpha value is -2.00. The maximum absolute atomic E-state index is 6.14. The molecule has 0 aliphatic rings. The lowest BCUT2D eigenvalue weighted by Gasteiger charge is -2.12. The van der Waals surface area contributed by atoms with Gasteiger partial charge in [-0.05, 0) is 42.7 Å². The van der Waals surface area contributed by atoms with Crippen LogP contribution in [-0.4, -0.2) is 13.7 Å². The summed E-state index contributed by atoms with van der Waals surface area (Å²) in [6.07, 6.45) is 1.85. The van der Waals surface area contributed by atoms with Gasteiger partial charge in [-0.15, -0.1) is 0 Å². The maximum Gasteiger partial charge on any atom is 0.119 e. The molecular formula is C17H21NO2. The highest BCUT2D eigenvalue weighted by atomic mass is 16.5. The number of hydrogen-bond acceptors (Lipinski definition) is 3. The van der Waals surface area contributed by atoms with Crippen molar-refractivity contribution in [2.45, 2.75) is 18.9 Å². The summed E-state index contributed by atoms with van der Waals surface area (Å²) in [7, 11) is 1.65. The molecule has 2 N–H and O–H groups in total. The fourth-order valence-electron chi connectivity index (χ4n) is 2.03. The van der Waals surface area contributed by atoms with Gasteiger partial charge in [0.15, 0.2) is 0 Å². The molecule has 0 aliphatic heterocycles. The van der Waals surface area contributed by atoms with E-state index < -0.39 is 0 Å². The van der Waals surface area contributed by atoms with E-state index in [1.54, 1.807) is 7.11 Å². The standard InChI is InChI=1S/C17H21NO2/c1-19-15-9-11-16(12-10-15)20-13-5-8-17(18)14-6-3-2-4-7-14/h2-4,6-7,9-12,17H,5,8,13,18H2,1H3. The Bertz CT molecular complexity index is 496. The molecular weight excluding hydrogens is 250 g/mol. The number of benzene rings is 2. The van der Waals surface area contributed by atoms with Crippen molar-refractivity contribution in [3.8, 4) is 11.5 Å². The van der Waals surface area contributed by atoms with Gasteiger partial charge in [0.05, 0.1) is 13.7 Å². The molecule has 0 amide bonds. The second-order valence-electron chi connectivity index (χ2n) is 4.68. The van der Waals surface area contributed by atoms with Gasteiger partial charge in [-0.25, -0.2) is 0 Å². The lowest BCUT2D eigenvalue weighted by molar-refractivity contribution is 0.301. The Labute approximate surface area is 120 Å². The summed E-state index contributed by atoms with van der Waals surface area (Å²) in [4.78, 5) is 0. The van der Waals surface area contributed by atoms with E-state index >= 15 is 0 Å². The maximum atomic E-state index is 6.14. The van der Waals surface area contributed by atoms with E-state index in [1.807, 2.05) is 42.5 Å². The van der Waals surface area contributed by atoms with Gasteiger partial charge in [0.2, 0.25) is 0 Å². The van der Waals surface area contributed by atoms with Crippen LogP contribution in [0.2, 0.25) is 0 Å². The third kappa shape index (κ3) is 4.28. The zero-order valence-corrected chi connectivity index (χ0v) is 11.8. The van der Waals surface area contributed by atoms with Crippen molar-refractivity contribution in [2.24, 2.45) is 5.73 Å². The second-order valence-corrected chi connectivity index (χ2v) is 4.68. The molecule has 20 heavy (non-hydrogen) atoms. The molecule has 3 nitrogen and oxygen atoms in total. The number of hydrogen-bond donors (Lipinski definition) is 1. The lowest BCUT2D eigenvalue weighted by Crippen LogP contribution is -2.11. The average molecular weight is 271 g/mol. The fourth-order valence-corrected chi connectivity index (χ4v) is 2.03. The predicted molar refractivity (Wildman–Crippen MR) is 81.1 cm³/mol. The topological polar surface area (TPSA) is 44.5 Å².